The number of unbranched alkanes of at least 4 members (excludes halogenated alkanes) is 1. The molecule has 1 unspecified atom stereocenters. The molecule has 0 radical (unpaired) electrons. The molecule has 130 valence electrons. The zero-order valence-electron chi connectivity index (χ0n) is 14.2. The predicted molar refractivity (Wildman–Crippen MR) is 94.4 cm³/mol. The normalized spacial score (nSPS) is 13.0. The summed E-state index contributed by atoms with van der Waals surface area (Å²) in [5.41, 5.74) is -0.633. The highest BCUT2D eigenvalue weighted by molar-refractivity contribution is 8.76. The van der Waals surface area contributed by atoms with Gasteiger partial charge in [-0.3, -0.25) is 0 Å². The van der Waals surface area contributed by atoms with Crippen LogP contribution in [0.1, 0.15) is 53.9 Å². The third kappa shape index (κ3) is 13.1. The van der Waals surface area contributed by atoms with E-state index in [-0.39, 0.29) is 0 Å². The van der Waals surface area contributed by atoms with Crippen LogP contribution >= 0.6 is 21.6 Å². The molecular formula is C15H29NO4S2. The van der Waals surface area contributed by atoms with Crippen molar-refractivity contribution in [3.05, 3.63) is 0 Å². The highest BCUT2D eigenvalue weighted by Gasteiger charge is 2.23. The van der Waals surface area contributed by atoms with E-state index in [0.29, 0.717) is 5.75 Å². The molecule has 1 amide bonds. The summed E-state index contributed by atoms with van der Waals surface area (Å²) in [6.07, 6.45) is 2.86. The van der Waals surface area contributed by atoms with Gasteiger partial charge in [0.25, 0.3) is 0 Å². The van der Waals surface area contributed by atoms with Gasteiger partial charge in [0, 0.05) is 11.5 Å². The van der Waals surface area contributed by atoms with Crippen LogP contribution in [0.3, 0.4) is 0 Å². The number of amides is 1. The van der Waals surface area contributed by atoms with Crippen molar-refractivity contribution < 1.29 is 19.4 Å². The highest BCUT2D eigenvalue weighted by Crippen LogP contribution is 2.24. The van der Waals surface area contributed by atoms with E-state index in [2.05, 4.69) is 19.2 Å². The summed E-state index contributed by atoms with van der Waals surface area (Å²) in [6.45, 7) is 9.64. The summed E-state index contributed by atoms with van der Waals surface area (Å²) in [6, 6.07) is -0.928. The highest BCUT2D eigenvalue weighted by atomic mass is 33.1. The van der Waals surface area contributed by atoms with Gasteiger partial charge in [-0.25, -0.2) is 9.59 Å². The van der Waals surface area contributed by atoms with Crippen LogP contribution in [0.5, 0.6) is 0 Å². The number of carbonyl (C=O) groups is 2. The van der Waals surface area contributed by atoms with E-state index in [1.54, 1.807) is 31.6 Å². The van der Waals surface area contributed by atoms with Gasteiger partial charge in [0.2, 0.25) is 0 Å². The minimum atomic E-state index is -1.04. The molecule has 0 fully saturated rings. The van der Waals surface area contributed by atoms with Crippen LogP contribution in [0.4, 0.5) is 4.79 Å². The van der Waals surface area contributed by atoms with Crippen molar-refractivity contribution in [3.8, 4) is 0 Å². The molecule has 1 atom stereocenters. The molecule has 0 saturated carbocycles. The molecule has 2 N–H and O–H groups in total. The van der Waals surface area contributed by atoms with Crippen LogP contribution < -0.4 is 5.32 Å². The zero-order chi connectivity index (χ0) is 17.2. The van der Waals surface area contributed by atoms with Crippen LogP contribution in [0, 0.1) is 5.92 Å². The van der Waals surface area contributed by atoms with E-state index in [0.717, 1.165) is 18.1 Å². The smallest absolute Gasteiger partial charge is 0.408 e. The summed E-state index contributed by atoms with van der Waals surface area (Å²) in [4.78, 5) is 22.7. The zero-order valence-corrected chi connectivity index (χ0v) is 15.8. The first-order valence-electron chi connectivity index (χ1n) is 7.58. The van der Waals surface area contributed by atoms with E-state index in [4.69, 9.17) is 9.84 Å². The Morgan fingerprint density at radius 3 is 2.32 bits per heavy atom. The van der Waals surface area contributed by atoms with Crippen LogP contribution in [0.15, 0.2) is 0 Å². The maximum absolute atomic E-state index is 11.6. The Bertz CT molecular complexity index is 343. The fourth-order valence-corrected chi connectivity index (χ4v) is 3.82. The Morgan fingerprint density at radius 2 is 1.82 bits per heavy atom. The summed E-state index contributed by atoms with van der Waals surface area (Å²) in [7, 11) is 3.13. The minimum Gasteiger partial charge on any atom is -0.480 e. The number of aliphatic carboxylic acids is 1. The molecule has 0 aliphatic heterocycles. The first-order chi connectivity index (χ1) is 10.1. The van der Waals surface area contributed by atoms with Crippen molar-refractivity contribution in [1.82, 2.24) is 5.32 Å². The topological polar surface area (TPSA) is 75.6 Å². The lowest BCUT2D eigenvalue weighted by atomic mass is 10.1. The number of carboxylic acids is 1. The number of rotatable bonds is 10. The molecular weight excluding hydrogens is 322 g/mol. The van der Waals surface area contributed by atoms with E-state index >= 15 is 0 Å². The van der Waals surface area contributed by atoms with Crippen molar-refractivity contribution in [2.24, 2.45) is 5.92 Å². The average molecular weight is 352 g/mol. The Kier molecular flexibility index (Phi) is 10.8. The number of nitrogens with one attached hydrogen (secondary N) is 1. The van der Waals surface area contributed by atoms with Crippen LogP contribution in [-0.2, 0) is 9.53 Å². The molecule has 0 aromatic carbocycles. The number of carboxylic acid groups (broad SMARTS) is 1. The maximum Gasteiger partial charge on any atom is 0.408 e. The van der Waals surface area contributed by atoms with Crippen LogP contribution in [0.25, 0.3) is 0 Å². The van der Waals surface area contributed by atoms with E-state index in [1.165, 1.54) is 23.6 Å². The van der Waals surface area contributed by atoms with Crippen molar-refractivity contribution in [3.63, 3.8) is 0 Å². The van der Waals surface area contributed by atoms with Crippen molar-refractivity contribution in [2.45, 2.75) is 65.5 Å². The monoisotopic (exact) mass is 351 g/mol. The predicted octanol–water partition coefficient (Wildman–Crippen LogP) is 4.17. The van der Waals surface area contributed by atoms with Gasteiger partial charge in [-0.2, -0.15) is 0 Å². The number of hydrogen-bond acceptors (Lipinski definition) is 5. The van der Waals surface area contributed by atoms with Gasteiger partial charge in [0.05, 0.1) is 0 Å². The molecule has 0 aromatic heterocycles. The molecule has 0 heterocycles. The molecule has 0 spiro atoms. The molecule has 5 nitrogen and oxygen atoms in total. The second-order valence-electron chi connectivity index (χ2n) is 6.53. The van der Waals surface area contributed by atoms with E-state index in [9.17, 15) is 9.59 Å². The van der Waals surface area contributed by atoms with Crippen molar-refractivity contribution >= 4 is 33.7 Å². The lowest BCUT2D eigenvalue weighted by Crippen LogP contribution is -2.44. The molecule has 22 heavy (non-hydrogen) atoms. The molecule has 0 rings (SSSR count). The molecule has 0 bridgehead atoms. The van der Waals surface area contributed by atoms with E-state index in [1.807, 2.05) is 0 Å². The van der Waals surface area contributed by atoms with Gasteiger partial charge in [-0.15, -0.1) is 0 Å². The third-order valence-corrected chi connectivity index (χ3v) is 5.07. The standard InChI is InChI=1S/C15H29NO4S2/c1-11(2)8-6-7-9-21-22-10-12(13(17)18)16-14(19)20-15(3,4)5/h11-12H,6-10H2,1-5H3,(H,16,19)(H,17,18). The summed E-state index contributed by atoms with van der Waals surface area (Å²) in [5.74, 6) is 1.00. The second kappa shape index (κ2) is 11.0. The van der Waals surface area contributed by atoms with Gasteiger partial charge in [-0.1, -0.05) is 48.3 Å². The van der Waals surface area contributed by atoms with Crippen LogP contribution in [0.2, 0.25) is 0 Å². The summed E-state index contributed by atoms with van der Waals surface area (Å²) in [5, 5.41) is 11.5. The van der Waals surface area contributed by atoms with Gasteiger partial charge in [-0.05, 0) is 33.1 Å². The quantitative estimate of drug-likeness (QED) is 0.454. The average Bonchev–Trinajstić information content (AvgIpc) is 2.33. The Hall–Kier alpha value is -0.560. The Balaban J connectivity index is 3.91. The number of alkyl carbamates (subject to hydrolysis) is 1. The third-order valence-electron chi connectivity index (χ3n) is 2.57. The molecule has 0 aromatic rings. The van der Waals surface area contributed by atoms with E-state index < -0.39 is 23.7 Å². The molecule has 0 aliphatic rings. The Morgan fingerprint density at radius 1 is 1.18 bits per heavy atom. The number of carbonyl (C=O) groups excluding carboxylic acids is 1. The lowest BCUT2D eigenvalue weighted by molar-refractivity contribution is -0.138. The SMILES string of the molecule is CC(C)CCCCSSCC(NC(=O)OC(C)(C)C)C(=O)O. The van der Waals surface area contributed by atoms with Crippen molar-refractivity contribution in [1.29, 1.82) is 0 Å². The summed E-state index contributed by atoms with van der Waals surface area (Å²) >= 11 is 0. The second-order valence-corrected chi connectivity index (χ2v) is 9.16. The first-order valence-corrected chi connectivity index (χ1v) is 10.1. The maximum atomic E-state index is 11.6. The fraction of sp³-hybridized carbons (Fsp3) is 0.867. The molecule has 0 aliphatic carbocycles. The largest absolute Gasteiger partial charge is 0.480 e. The lowest BCUT2D eigenvalue weighted by Gasteiger charge is -2.21. The van der Waals surface area contributed by atoms with Crippen LogP contribution in [-0.4, -0.2) is 40.3 Å². The number of ether oxygens (including phenoxy) is 1. The molecule has 7 heteroatoms. The number of hydrogen-bond donors (Lipinski definition) is 2. The fourth-order valence-electron chi connectivity index (χ4n) is 1.51. The molecule has 0 saturated heterocycles. The minimum absolute atomic E-state index is 0.323. The van der Waals surface area contributed by atoms with Crippen molar-refractivity contribution in [2.75, 3.05) is 11.5 Å². The van der Waals surface area contributed by atoms with Gasteiger partial charge in [0.15, 0.2) is 0 Å². The summed E-state index contributed by atoms with van der Waals surface area (Å²) < 4.78 is 5.07. The first kappa shape index (κ1) is 21.4. The van der Waals surface area contributed by atoms with Gasteiger partial charge >= 0.3 is 12.1 Å². The van der Waals surface area contributed by atoms with Gasteiger partial charge < -0.3 is 15.2 Å². The van der Waals surface area contributed by atoms with Gasteiger partial charge in [0.1, 0.15) is 11.6 Å². The Labute approximate surface area is 141 Å².